The molecule has 0 aliphatic carbocycles. The van der Waals surface area contributed by atoms with E-state index >= 15 is 0 Å². The quantitative estimate of drug-likeness (QED) is 0.342. The second-order valence-electron chi connectivity index (χ2n) is 5.19. The zero-order valence-corrected chi connectivity index (χ0v) is 18.3. The number of nitrogens with one attached hydrogen (secondary N) is 1. The Morgan fingerprint density at radius 1 is 1.17 bits per heavy atom. The Kier molecular flexibility index (Phi) is 10.2. The van der Waals surface area contributed by atoms with Gasteiger partial charge in [-0.3, -0.25) is 10.1 Å². The number of imide groups is 1. The van der Waals surface area contributed by atoms with Crippen LogP contribution in [-0.2, 0) is 4.79 Å². The van der Waals surface area contributed by atoms with Crippen LogP contribution in [0, 0.1) is 11.3 Å². The van der Waals surface area contributed by atoms with E-state index in [4.69, 9.17) is 34.8 Å². The SMILES string of the molecule is C/C=N\N(C(=O)NC=O)c1cc(Cl)c(C(C#N)c2ccc(Cl)cc2)c(Cl)c1.CC. The summed E-state index contributed by atoms with van der Waals surface area (Å²) < 4.78 is 0. The van der Waals surface area contributed by atoms with Crippen LogP contribution in [0.1, 0.15) is 37.8 Å². The van der Waals surface area contributed by atoms with E-state index in [0.29, 0.717) is 16.1 Å². The molecule has 0 aliphatic heterocycles. The van der Waals surface area contributed by atoms with Crippen molar-refractivity contribution in [2.24, 2.45) is 5.10 Å². The monoisotopic (exact) mass is 452 g/mol. The van der Waals surface area contributed by atoms with E-state index in [2.05, 4.69) is 11.2 Å². The second kappa shape index (κ2) is 12.1. The number of benzene rings is 2. The Morgan fingerprint density at radius 2 is 1.72 bits per heavy atom. The van der Waals surface area contributed by atoms with Crippen molar-refractivity contribution in [3.63, 3.8) is 0 Å². The first-order chi connectivity index (χ1) is 13.9. The van der Waals surface area contributed by atoms with Crippen molar-refractivity contribution in [3.8, 4) is 6.07 Å². The van der Waals surface area contributed by atoms with Crippen LogP contribution in [0.4, 0.5) is 10.5 Å². The first-order valence-corrected chi connectivity index (χ1v) is 9.73. The van der Waals surface area contributed by atoms with Gasteiger partial charge in [-0.15, -0.1) is 0 Å². The van der Waals surface area contributed by atoms with Gasteiger partial charge in [-0.1, -0.05) is 60.8 Å². The van der Waals surface area contributed by atoms with Gasteiger partial charge in [0, 0.05) is 26.8 Å². The summed E-state index contributed by atoms with van der Waals surface area (Å²) >= 11 is 18.6. The van der Waals surface area contributed by atoms with Crippen LogP contribution in [-0.4, -0.2) is 18.7 Å². The van der Waals surface area contributed by atoms with Gasteiger partial charge >= 0.3 is 6.03 Å². The smallest absolute Gasteiger partial charge is 0.279 e. The lowest BCUT2D eigenvalue weighted by molar-refractivity contribution is -0.108. The van der Waals surface area contributed by atoms with Crippen molar-refractivity contribution >= 4 is 59.1 Å². The molecule has 152 valence electrons. The fourth-order valence-electron chi connectivity index (χ4n) is 2.39. The third-order valence-electron chi connectivity index (χ3n) is 3.54. The molecule has 1 unspecified atom stereocenters. The maximum atomic E-state index is 12.0. The van der Waals surface area contributed by atoms with E-state index in [0.717, 1.165) is 5.01 Å². The lowest BCUT2D eigenvalue weighted by Crippen LogP contribution is -2.35. The highest BCUT2D eigenvalue weighted by Crippen LogP contribution is 2.39. The predicted octanol–water partition coefficient (Wildman–Crippen LogP) is 6.01. The molecule has 3 amide bonds. The highest BCUT2D eigenvalue weighted by atomic mass is 35.5. The molecule has 2 aromatic carbocycles. The van der Waals surface area contributed by atoms with Crippen molar-refractivity contribution < 1.29 is 9.59 Å². The first-order valence-electron chi connectivity index (χ1n) is 8.59. The number of hydrazone groups is 1. The first kappa shape index (κ1) is 24.4. The number of hydrogen-bond donors (Lipinski definition) is 1. The van der Waals surface area contributed by atoms with Crippen molar-refractivity contribution in [2.45, 2.75) is 26.7 Å². The largest absolute Gasteiger partial charge is 0.349 e. The van der Waals surface area contributed by atoms with Gasteiger partial charge in [-0.25, -0.2) is 4.79 Å². The summed E-state index contributed by atoms with van der Waals surface area (Å²) in [5.41, 5.74) is 1.29. The third kappa shape index (κ3) is 6.20. The number of hydrogen-bond acceptors (Lipinski definition) is 4. The topological polar surface area (TPSA) is 85.6 Å². The van der Waals surface area contributed by atoms with Crippen LogP contribution in [0.3, 0.4) is 0 Å². The van der Waals surface area contributed by atoms with E-state index < -0.39 is 11.9 Å². The van der Waals surface area contributed by atoms with E-state index in [1.54, 1.807) is 31.2 Å². The second-order valence-corrected chi connectivity index (χ2v) is 6.44. The third-order valence-corrected chi connectivity index (χ3v) is 4.41. The van der Waals surface area contributed by atoms with Crippen LogP contribution in [0.5, 0.6) is 0 Å². The molecule has 0 radical (unpaired) electrons. The molecule has 0 fully saturated rings. The van der Waals surface area contributed by atoms with Gasteiger partial charge in [-0.2, -0.15) is 15.4 Å². The van der Waals surface area contributed by atoms with Crippen molar-refractivity contribution in [3.05, 3.63) is 62.6 Å². The summed E-state index contributed by atoms with van der Waals surface area (Å²) in [7, 11) is 0. The molecule has 1 atom stereocenters. The van der Waals surface area contributed by atoms with Gasteiger partial charge in [-0.05, 0) is 36.8 Å². The normalized spacial score (nSPS) is 11.1. The molecule has 29 heavy (non-hydrogen) atoms. The van der Waals surface area contributed by atoms with Crippen LogP contribution in [0.2, 0.25) is 15.1 Å². The van der Waals surface area contributed by atoms with Crippen LogP contribution in [0.25, 0.3) is 0 Å². The molecule has 9 heteroatoms. The number of nitriles is 1. The van der Waals surface area contributed by atoms with Crippen molar-refractivity contribution in [1.82, 2.24) is 5.32 Å². The molecule has 0 saturated heterocycles. The van der Waals surface area contributed by atoms with Gasteiger partial charge in [0.25, 0.3) is 0 Å². The molecule has 6 nitrogen and oxygen atoms in total. The van der Waals surface area contributed by atoms with Gasteiger partial charge < -0.3 is 0 Å². The highest BCUT2D eigenvalue weighted by molar-refractivity contribution is 6.37. The molecule has 0 spiro atoms. The molecule has 0 bridgehead atoms. The maximum Gasteiger partial charge on any atom is 0.349 e. The van der Waals surface area contributed by atoms with E-state index in [9.17, 15) is 14.9 Å². The lowest BCUT2D eigenvalue weighted by Gasteiger charge is -2.20. The fraction of sp³-hybridized carbons (Fsp3) is 0.200. The molecule has 2 aromatic rings. The maximum absolute atomic E-state index is 12.0. The van der Waals surface area contributed by atoms with Crippen molar-refractivity contribution in [2.75, 3.05) is 5.01 Å². The average Bonchev–Trinajstić information content (AvgIpc) is 2.71. The Labute approximate surface area is 184 Å². The number of anilines is 1. The van der Waals surface area contributed by atoms with E-state index in [1.165, 1.54) is 18.3 Å². The van der Waals surface area contributed by atoms with E-state index in [1.807, 2.05) is 19.2 Å². The number of rotatable bonds is 5. The summed E-state index contributed by atoms with van der Waals surface area (Å²) in [5.74, 6) is -0.733. The summed E-state index contributed by atoms with van der Waals surface area (Å²) in [6, 6.07) is 11.0. The number of halogens is 3. The molecule has 0 aromatic heterocycles. The zero-order chi connectivity index (χ0) is 22.0. The standard InChI is InChI=1S/C18H13Cl3N4O2.C2H6/c1-2-24-25(18(27)23-10-26)13-7-15(20)17(16(21)8-13)14(9-22)11-3-5-12(19)6-4-11;1-2/h2-8,10,14H,1H3,(H,23,26,27);1-2H3/b24-2-;. The molecular weight excluding hydrogens is 435 g/mol. The van der Waals surface area contributed by atoms with Gasteiger partial charge in [0.05, 0.1) is 17.7 Å². The van der Waals surface area contributed by atoms with Gasteiger partial charge in [0.15, 0.2) is 0 Å². The number of urea groups is 1. The average molecular weight is 454 g/mol. The fourth-order valence-corrected chi connectivity index (χ4v) is 3.21. The molecule has 1 N–H and O–H groups in total. The van der Waals surface area contributed by atoms with E-state index in [-0.39, 0.29) is 22.1 Å². The number of carbonyl (C=O) groups excluding carboxylic acids is 2. The Bertz CT molecular complexity index is 901. The lowest BCUT2D eigenvalue weighted by atomic mass is 9.92. The number of amides is 3. The van der Waals surface area contributed by atoms with Gasteiger partial charge in [0.2, 0.25) is 6.41 Å². The minimum absolute atomic E-state index is 0.175. The molecule has 0 heterocycles. The molecule has 0 saturated carbocycles. The number of carbonyl (C=O) groups is 2. The molecule has 0 aliphatic rings. The van der Waals surface area contributed by atoms with Crippen molar-refractivity contribution in [1.29, 1.82) is 5.26 Å². The van der Waals surface area contributed by atoms with Crippen LogP contribution in [0.15, 0.2) is 41.5 Å². The number of nitrogens with zero attached hydrogens (tertiary/aromatic N) is 3. The van der Waals surface area contributed by atoms with Crippen LogP contribution < -0.4 is 10.3 Å². The zero-order valence-electron chi connectivity index (χ0n) is 16.0. The summed E-state index contributed by atoms with van der Waals surface area (Å²) in [5, 5.41) is 17.3. The molecular formula is C20H19Cl3N4O2. The summed E-state index contributed by atoms with van der Waals surface area (Å²) in [6.45, 7) is 5.60. The molecule has 2 rings (SSSR count). The van der Waals surface area contributed by atoms with Gasteiger partial charge in [0.1, 0.15) is 0 Å². The Morgan fingerprint density at radius 3 is 2.17 bits per heavy atom. The summed E-state index contributed by atoms with van der Waals surface area (Å²) in [4.78, 5) is 22.5. The van der Waals surface area contributed by atoms with Crippen LogP contribution >= 0.6 is 34.8 Å². The minimum Gasteiger partial charge on any atom is -0.279 e. The Hall–Kier alpha value is -2.59. The highest BCUT2D eigenvalue weighted by Gasteiger charge is 2.23. The Balaban J connectivity index is 0.00000204. The predicted molar refractivity (Wildman–Crippen MR) is 118 cm³/mol. The minimum atomic E-state index is -0.780. The summed E-state index contributed by atoms with van der Waals surface area (Å²) in [6.07, 6.45) is 1.61.